The topological polar surface area (TPSA) is 187 Å². The Morgan fingerprint density at radius 1 is 0.717 bits per heavy atom. The maximum atomic E-state index is 13.7. The summed E-state index contributed by atoms with van der Waals surface area (Å²) in [6.45, 7) is 4.94. The summed E-state index contributed by atoms with van der Waals surface area (Å²) in [7, 11) is 2.57. The third-order valence-corrected chi connectivity index (χ3v) is 11.5. The molecule has 2 aliphatic heterocycles. The molecule has 2 aromatic heterocycles. The molecule has 2 saturated heterocycles. The number of hydrogen-bond acceptors (Lipinski definition) is 8. The number of nitrogens with one attached hydrogen (secondary N) is 5. The fourth-order valence-corrected chi connectivity index (χ4v) is 8.33. The molecule has 0 aliphatic carbocycles. The van der Waals surface area contributed by atoms with E-state index in [1.165, 1.54) is 14.2 Å². The van der Waals surface area contributed by atoms with Gasteiger partial charge in [-0.15, -0.1) is 0 Å². The van der Waals surface area contributed by atoms with Crippen LogP contribution in [0.25, 0.3) is 44.2 Å². The number of H-pyrrole nitrogens is 2. The van der Waals surface area contributed by atoms with E-state index in [4.69, 9.17) is 19.4 Å². The van der Waals surface area contributed by atoms with Gasteiger partial charge in [-0.25, -0.2) is 24.4 Å². The van der Waals surface area contributed by atoms with Crippen LogP contribution in [-0.4, -0.2) is 87.2 Å². The number of alkyl carbamates (subject to hydrolysis) is 2. The maximum absolute atomic E-state index is 13.7. The number of aromatic nitrogens is 4. The van der Waals surface area contributed by atoms with E-state index in [9.17, 15) is 19.2 Å². The van der Waals surface area contributed by atoms with Crippen molar-refractivity contribution in [2.45, 2.75) is 63.8 Å². The molecule has 0 radical (unpaired) electrons. The third kappa shape index (κ3) is 8.20. The fourth-order valence-electron chi connectivity index (χ4n) is 8.33. The zero-order valence-corrected chi connectivity index (χ0v) is 34.0. The van der Waals surface area contributed by atoms with Gasteiger partial charge < -0.3 is 39.9 Å². The SMILES string of the molecule is COC(=O)N[C@@H](NC(=O)N1CCC[C@H]1c1nc2ccc(-c3ccc4cc(-c5cnc([C@@H]6CCCN6C(=O)[C@@H](NC(=O)OC)C(C)C)[nH]5)ccc4c3)cc2[nH]1)c1ccccc1. The summed E-state index contributed by atoms with van der Waals surface area (Å²) in [5.74, 6) is 1.18. The molecule has 15 heteroatoms. The van der Waals surface area contributed by atoms with Crippen molar-refractivity contribution in [1.82, 2.24) is 45.7 Å². The van der Waals surface area contributed by atoms with Gasteiger partial charge in [0.2, 0.25) is 5.91 Å². The minimum atomic E-state index is -0.771. The number of aromatic amines is 2. The molecule has 0 unspecified atom stereocenters. The molecule has 310 valence electrons. The number of fused-ring (bicyclic) bond motifs is 2. The van der Waals surface area contributed by atoms with Crippen LogP contribution < -0.4 is 16.0 Å². The van der Waals surface area contributed by atoms with Gasteiger partial charge in [0.25, 0.3) is 0 Å². The highest BCUT2D eigenvalue weighted by atomic mass is 16.5. The number of nitrogens with zero attached hydrogens (tertiary/aromatic N) is 4. The molecule has 0 spiro atoms. The zero-order valence-electron chi connectivity index (χ0n) is 34.0. The Morgan fingerprint density at radius 2 is 1.35 bits per heavy atom. The minimum absolute atomic E-state index is 0.112. The number of amides is 5. The van der Waals surface area contributed by atoms with Gasteiger partial charge in [0, 0.05) is 18.7 Å². The van der Waals surface area contributed by atoms with Crippen molar-refractivity contribution in [3.8, 4) is 22.4 Å². The van der Waals surface area contributed by atoms with Crippen LogP contribution >= 0.6 is 0 Å². The number of hydrogen-bond donors (Lipinski definition) is 5. The van der Waals surface area contributed by atoms with E-state index in [2.05, 4.69) is 74.4 Å². The summed E-state index contributed by atoms with van der Waals surface area (Å²) in [6.07, 6.45) is 2.95. The van der Waals surface area contributed by atoms with Gasteiger partial charge in [-0.05, 0) is 83.3 Å². The van der Waals surface area contributed by atoms with Crippen LogP contribution in [0, 0.1) is 5.92 Å². The van der Waals surface area contributed by atoms with Crippen LogP contribution in [0.1, 0.15) is 75.0 Å². The second-order valence-corrected chi connectivity index (χ2v) is 15.6. The van der Waals surface area contributed by atoms with Crippen molar-refractivity contribution < 1.29 is 28.7 Å². The first-order valence-corrected chi connectivity index (χ1v) is 20.3. The number of carbonyl (C=O) groups excluding carboxylic acids is 4. The van der Waals surface area contributed by atoms with E-state index in [0.717, 1.165) is 81.3 Å². The van der Waals surface area contributed by atoms with Crippen LogP contribution in [0.2, 0.25) is 0 Å². The number of methoxy groups -OCH3 is 2. The lowest BCUT2D eigenvalue weighted by Crippen LogP contribution is -2.51. The van der Waals surface area contributed by atoms with Gasteiger partial charge >= 0.3 is 18.2 Å². The summed E-state index contributed by atoms with van der Waals surface area (Å²) in [5.41, 5.74) is 6.32. The lowest BCUT2D eigenvalue weighted by atomic mass is 9.99. The van der Waals surface area contributed by atoms with Gasteiger partial charge in [-0.2, -0.15) is 0 Å². The van der Waals surface area contributed by atoms with Crippen molar-refractivity contribution in [3.63, 3.8) is 0 Å². The van der Waals surface area contributed by atoms with E-state index in [-0.39, 0.29) is 29.9 Å². The highest BCUT2D eigenvalue weighted by Gasteiger charge is 2.38. The highest BCUT2D eigenvalue weighted by molar-refractivity contribution is 5.92. The van der Waals surface area contributed by atoms with E-state index < -0.39 is 24.4 Å². The highest BCUT2D eigenvalue weighted by Crippen LogP contribution is 2.36. The molecule has 5 amide bonds. The molecule has 6 aromatic rings. The van der Waals surface area contributed by atoms with Crippen molar-refractivity contribution >= 4 is 45.9 Å². The normalized spacial score (nSPS) is 17.5. The second kappa shape index (κ2) is 17.1. The van der Waals surface area contributed by atoms with Crippen LogP contribution in [0.4, 0.5) is 14.4 Å². The number of ether oxygens (including phenoxy) is 2. The summed E-state index contributed by atoms with van der Waals surface area (Å²) in [5, 5.41) is 10.5. The third-order valence-electron chi connectivity index (χ3n) is 11.5. The van der Waals surface area contributed by atoms with Gasteiger partial charge in [-0.3, -0.25) is 10.1 Å². The zero-order chi connectivity index (χ0) is 41.9. The second-order valence-electron chi connectivity index (χ2n) is 15.6. The average molecular weight is 812 g/mol. The number of benzene rings is 4. The number of urea groups is 1. The first kappa shape index (κ1) is 39.9. The van der Waals surface area contributed by atoms with Gasteiger partial charge in [0.1, 0.15) is 23.9 Å². The minimum Gasteiger partial charge on any atom is -0.453 e. The van der Waals surface area contributed by atoms with Crippen molar-refractivity contribution in [2.24, 2.45) is 5.92 Å². The lowest BCUT2D eigenvalue weighted by molar-refractivity contribution is -0.135. The van der Waals surface area contributed by atoms with E-state index >= 15 is 0 Å². The average Bonchev–Trinajstić information content (AvgIpc) is 4.11. The number of likely N-dealkylation sites (tertiary alicyclic amines) is 2. The molecule has 15 nitrogen and oxygen atoms in total. The molecule has 0 bridgehead atoms. The molecule has 5 N–H and O–H groups in total. The van der Waals surface area contributed by atoms with Crippen LogP contribution in [0.3, 0.4) is 0 Å². The first-order valence-electron chi connectivity index (χ1n) is 20.3. The Labute approximate surface area is 347 Å². The van der Waals surface area contributed by atoms with Gasteiger partial charge in [-0.1, -0.05) is 74.5 Å². The maximum Gasteiger partial charge on any atom is 0.408 e. The monoisotopic (exact) mass is 811 g/mol. The molecule has 2 aliphatic rings. The molecule has 60 heavy (non-hydrogen) atoms. The summed E-state index contributed by atoms with van der Waals surface area (Å²) in [6, 6.07) is 26.6. The van der Waals surface area contributed by atoms with Crippen molar-refractivity contribution in [2.75, 3.05) is 27.3 Å². The Kier molecular flexibility index (Phi) is 11.4. The lowest BCUT2D eigenvalue weighted by Gasteiger charge is -2.30. The van der Waals surface area contributed by atoms with E-state index in [1.807, 2.05) is 61.3 Å². The fraction of sp³-hybridized carbons (Fsp3) is 0.333. The summed E-state index contributed by atoms with van der Waals surface area (Å²) >= 11 is 0. The molecule has 4 heterocycles. The molecular weight excluding hydrogens is 763 g/mol. The predicted molar refractivity (Wildman–Crippen MR) is 226 cm³/mol. The number of imidazole rings is 2. The van der Waals surface area contributed by atoms with Gasteiger partial charge in [0.15, 0.2) is 0 Å². The van der Waals surface area contributed by atoms with Crippen LogP contribution in [0.15, 0.2) is 91.1 Å². The smallest absolute Gasteiger partial charge is 0.408 e. The number of carbonyl (C=O) groups is 4. The first-order chi connectivity index (χ1) is 29.1. The molecule has 4 atom stereocenters. The Balaban J connectivity index is 0.967. The molecule has 8 rings (SSSR count). The summed E-state index contributed by atoms with van der Waals surface area (Å²) < 4.78 is 9.58. The van der Waals surface area contributed by atoms with Gasteiger partial charge in [0.05, 0.1) is 49.2 Å². The van der Waals surface area contributed by atoms with E-state index in [1.54, 1.807) is 4.90 Å². The van der Waals surface area contributed by atoms with Crippen molar-refractivity contribution in [3.05, 3.63) is 108 Å². The largest absolute Gasteiger partial charge is 0.453 e. The molecular formula is C45H49N9O6. The van der Waals surface area contributed by atoms with Crippen molar-refractivity contribution in [1.29, 1.82) is 0 Å². The summed E-state index contributed by atoms with van der Waals surface area (Å²) in [4.78, 5) is 71.5. The molecule has 2 fully saturated rings. The molecule has 4 aromatic carbocycles. The molecule has 0 saturated carbocycles. The van der Waals surface area contributed by atoms with Crippen LogP contribution in [-0.2, 0) is 14.3 Å². The number of rotatable bonds is 10. The predicted octanol–water partition coefficient (Wildman–Crippen LogP) is 7.72. The standard InChI is InChI=1S/C45H49N9O6/c1-26(2)38(50-44(57)59-3)42(55)53-20-8-12-36(53)40-46-25-35(49-40)32-17-16-28-22-29(14-15-30(28)23-32)31-18-19-33-34(24-31)48-41(47-33)37-13-9-21-54(37)43(56)51-39(52-45(58)60-4)27-10-6-5-7-11-27/h5-7,10-11,14-19,22-26,36-39H,8-9,12-13,20-21H2,1-4H3,(H,46,49)(H,47,48)(H,50,57)(H,51,56)(H,52,58)/t36-,37-,38-,39+/m0/s1. The van der Waals surface area contributed by atoms with E-state index in [0.29, 0.717) is 18.9 Å². The Morgan fingerprint density at radius 3 is 2.07 bits per heavy atom. The quantitative estimate of drug-likeness (QED) is 0.0870. The Bertz CT molecular complexity index is 2530. The van der Waals surface area contributed by atoms with Crippen LogP contribution in [0.5, 0.6) is 0 Å². The Hall–Kier alpha value is -6.90.